The molecule has 1 heterocycles. The Morgan fingerprint density at radius 1 is 1.41 bits per heavy atom. The van der Waals surface area contributed by atoms with Gasteiger partial charge in [-0.1, -0.05) is 0 Å². The van der Waals surface area contributed by atoms with E-state index < -0.39 is 11.6 Å². The molecule has 1 aliphatic heterocycles. The third-order valence-corrected chi connectivity index (χ3v) is 3.25. The first-order valence-corrected chi connectivity index (χ1v) is 7.78. The molecule has 0 bridgehead atoms. The van der Waals surface area contributed by atoms with Gasteiger partial charge in [-0.25, -0.2) is 4.79 Å². The molecule has 0 aliphatic carbocycles. The molecule has 0 aromatic heterocycles. The number of carbonyl (C=O) groups excluding carboxylic acids is 3. The molecule has 1 fully saturated rings. The van der Waals surface area contributed by atoms with Crippen LogP contribution in [-0.4, -0.2) is 54.1 Å². The second-order valence-corrected chi connectivity index (χ2v) is 6.36. The number of amides is 3. The van der Waals surface area contributed by atoms with Crippen LogP contribution < -0.4 is 10.6 Å². The van der Waals surface area contributed by atoms with E-state index in [1.54, 1.807) is 4.90 Å². The highest BCUT2D eigenvalue weighted by atomic mass is 16.6. The van der Waals surface area contributed by atoms with Gasteiger partial charge in [-0.3, -0.25) is 9.59 Å². The summed E-state index contributed by atoms with van der Waals surface area (Å²) in [5, 5.41) is 5.40. The Bertz CT molecular complexity index is 418. The first-order valence-electron chi connectivity index (χ1n) is 7.78. The zero-order valence-corrected chi connectivity index (χ0v) is 13.9. The number of hydrogen-bond acceptors (Lipinski definition) is 4. The highest BCUT2D eigenvalue weighted by molar-refractivity contribution is 5.90. The van der Waals surface area contributed by atoms with Crippen LogP contribution in [0, 0.1) is 0 Å². The lowest BCUT2D eigenvalue weighted by Crippen LogP contribution is -2.43. The Kier molecular flexibility index (Phi) is 6.64. The zero-order valence-electron chi connectivity index (χ0n) is 13.9. The quantitative estimate of drug-likeness (QED) is 0.717. The summed E-state index contributed by atoms with van der Waals surface area (Å²) in [7, 11) is 0. The molecule has 0 saturated carbocycles. The van der Waals surface area contributed by atoms with Crippen molar-refractivity contribution in [3.05, 3.63) is 0 Å². The van der Waals surface area contributed by atoms with Crippen LogP contribution in [0.15, 0.2) is 0 Å². The van der Waals surface area contributed by atoms with E-state index in [0.717, 1.165) is 0 Å². The predicted octanol–water partition coefficient (Wildman–Crippen LogP) is 1.03. The minimum Gasteiger partial charge on any atom is -0.444 e. The van der Waals surface area contributed by atoms with Crippen molar-refractivity contribution in [2.24, 2.45) is 0 Å². The summed E-state index contributed by atoms with van der Waals surface area (Å²) in [4.78, 5) is 36.4. The first-order chi connectivity index (χ1) is 10.2. The molecule has 3 amide bonds. The summed E-state index contributed by atoms with van der Waals surface area (Å²) in [5.41, 5.74) is -0.514. The monoisotopic (exact) mass is 313 g/mol. The molecule has 1 saturated heterocycles. The summed E-state index contributed by atoms with van der Waals surface area (Å²) >= 11 is 0. The molecule has 1 atom stereocenters. The standard InChI is InChI=1S/C15H27N3O4/c1-5-18(14(21)22-15(2,3)4)10-6-9-16-13(20)11-7-8-12(19)17-11/h11H,5-10H2,1-4H3,(H,16,20)(H,17,19)/t11-/m0/s1. The highest BCUT2D eigenvalue weighted by Crippen LogP contribution is 2.10. The molecule has 0 aromatic carbocycles. The van der Waals surface area contributed by atoms with Gasteiger partial charge in [0.1, 0.15) is 11.6 Å². The van der Waals surface area contributed by atoms with Crippen LogP contribution in [-0.2, 0) is 14.3 Å². The lowest BCUT2D eigenvalue weighted by Gasteiger charge is -2.26. The fraction of sp³-hybridized carbons (Fsp3) is 0.800. The van der Waals surface area contributed by atoms with E-state index in [1.807, 2.05) is 27.7 Å². The Hall–Kier alpha value is -1.79. The van der Waals surface area contributed by atoms with Gasteiger partial charge in [0.25, 0.3) is 0 Å². The van der Waals surface area contributed by atoms with Gasteiger partial charge in [-0.2, -0.15) is 0 Å². The van der Waals surface area contributed by atoms with Crippen LogP contribution in [0.2, 0.25) is 0 Å². The van der Waals surface area contributed by atoms with E-state index in [4.69, 9.17) is 4.74 Å². The predicted molar refractivity (Wildman–Crippen MR) is 82.3 cm³/mol. The van der Waals surface area contributed by atoms with Crippen molar-refractivity contribution < 1.29 is 19.1 Å². The molecule has 2 N–H and O–H groups in total. The van der Waals surface area contributed by atoms with Crippen LogP contribution in [0.1, 0.15) is 47.0 Å². The zero-order chi connectivity index (χ0) is 16.8. The maximum atomic E-state index is 11.9. The number of nitrogens with zero attached hydrogens (tertiary/aromatic N) is 1. The fourth-order valence-corrected chi connectivity index (χ4v) is 2.12. The maximum absolute atomic E-state index is 11.9. The lowest BCUT2D eigenvalue weighted by atomic mass is 10.2. The summed E-state index contributed by atoms with van der Waals surface area (Å²) in [6, 6.07) is -0.416. The van der Waals surface area contributed by atoms with Crippen molar-refractivity contribution in [3.8, 4) is 0 Å². The van der Waals surface area contributed by atoms with Gasteiger partial charge in [0.15, 0.2) is 0 Å². The van der Waals surface area contributed by atoms with Crippen molar-refractivity contribution >= 4 is 17.9 Å². The SMILES string of the molecule is CCN(CCCNC(=O)[C@@H]1CCC(=O)N1)C(=O)OC(C)(C)C. The van der Waals surface area contributed by atoms with Crippen molar-refractivity contribution in [1.82, 2.24) is 15.5 Å². The van der Waals surface area contributed by atoms with Crippen molar-refractivity contribution in [2.75, 3.05) is 19.6 Å². The van der Waals surface area contributed by atoms with E-state index in [0.29, 0.717) is 38.9 Å². The molecule has 0 spiro atoms. The van der Waals surface area contributed by atoms with Gasteiger partial charge < -0.3 is 20.3 Å². The lowest BCUT2D eigenvalue weighted by molar-refractivity contribution is -0.125. The molecule has 7 nitrogen and oxygen atoms in total. The molecular formula is C15H27N3O4. The number of ether oxygens (including phenoxy) is 1. The molecule has 1 rings (SSSR count). The minimum atomic E-state index is -0.514. The molecule has 0 aromatic rings. The van der Waals surface area contributed by atoms with Gasteiger partial charge in [0, 0.05) is 26.1 Å². The van der Waals surface area contributed by atoms with Crippen LogP contribution in [0.3, 0.4) is 0 Å². The Morgan fingerprint density at radius 3 is 2.59 bits per heavy atom. The second-order valence-electron chi connectivity index (χ2n) is 6.36. The maximum Gasteiger partial charge on any atom is 0.410 e. The Labute approximate surface area is 131 Å². The van der Waals surface area contributed by atoms with Crippen molar-refractivity contribution in [1.29, 1.82) is 0 Å². The number of rotatable bonds is 6. The molecule has 1 aliphatic rings. The van der Waals surface area contributed by atoms with Crippen molar-refractivity contribution in [3.63, 3.8) is 0 Å². The average molecular weight is 313 g/mol. The van der Waals surface area contributed by atoms with Crippen LogP contribution in [0.4, 0.5) is 4.79 Å². The average Bonchev–Trinajstić information content (AvgIpc) is 2.83. The van der Waals surface area contributed by atoms with E-state index >= 15 is 0 Å². The molecule has 0 unspecified atom stereocenters. The normalized spacial score (nSPS) is 17.8. The number of hydrogen-bond donors (Lipinski definition) is 2. The van der Waals surface area contributed by atoms with E-state index in [1.165, 1.54) is 0 Å². The van der Waals surface area contributed by atoms with Crippen molar-refractivity contribution in [2.45, 2.75) is 58.6 Å². The van der Waals surface area contributed by atoms with Crippen LogP contribution in [0.5, 0.6) is 0 Å². The van der Waals surface area contributed by atoms with Crippen LogP contribution in [0.25, 0.3) is 0 Å². The summed E-state index contributed by atoms with van der Waals surface area (Å²) in [6.07, 6.45) is 1.24. The molecule has 0 radical (unpaired) electrons. The number of carbonyl (C=O) groups is 3. The summed E-state index contributed by atoms with van der Waals surface area (Å²) < 4.78 is 5.31. The first kappa shape index (κ1) is 18.3. The third kappa shape index (κ3) is 6.32. The van der Waals surface area contributed by atoms with Gasteiger partial charge in [-0.15, -0.1) is 0 Å². The smallest absolute Gasteiger partial charge is 0.410 e. The molecule has 126 valence electrons. The Balaban J connectivity index is 2.25. The second kappa shape index (κ2) is 8.00. The topological polar surface area (TPSA) is 87.7 Å². The summed E-state index contributed by atoms with van der Waals surface area (Å²) in [5.74, 6) is -0.242. The number of nitrogens with one attached hydrogen (secondary N) is 2. The van der Waals surface area contributed by atoms with Gasteiger partial charge in [0.05, 0.1) is 0 Å². The summed E-state index contributed by atoms with van der Waals surface area (Å²) in [6.45, 7) is 8.91. The van der Waals surface area contributed by atoms with Gasteiger partial charge >= 0.3 is 6.09 Å². The van der Waals surface area contributed by atoms with Gasteiger partial charge in [-0.05, 0) is 40.5 Å². The largest absolute Gasteiger partial charge is 0.444 e. The molecule has 7 heteroatoms. The van der Waals surface area contributed by atoms with E-state index in [2.05, 4.69) is 10.6 Å². The van der Waals surface area contributed by atoms with Crippen LogP contribution >= 0.6 is 0 Å². The molecular weight excluding hydrogens is 286 g/mol. The van der Waals surface area contributed by atoms with Gasteiger partial charge in [0.2, 0.25) is 11.8 Å². The van der Waals surface area contributed by atoms with E-state index in [9.17, 15) is 14.4 Å². The van der Waals surface area contributed by atoms with E-state index in [-0.39, 0.29) is 17.9 Å². The fourth-order valence-electron chi connectivity index (χ4n) is 2.12. The Morgan fingerprint density at radius 2 is 2.09 bits per heavy atom. The highest BCUT2D eigenvalue weighted by Gasteiger charge is 2.26. The minimum absolute atomic E-state index is 0.0813. The molecule has 22 heavy (non-hydrogen) atoms. The third-order valence-electron chi connectivity index (χ3n) is 3.25.